The fourth-order valence-corrected chi connectivity index (χ4v) is 3.09. The molecule has 1 aromatic carbocycles. The third kappa shape index (κ3) is 3.02. The van der Waals surface area contributed by atoms with Gasteiger partial charge >= 0.3 is 0 Å². The molecule has 1 aliphatic carbocycles. The first-order chi connectivity index (χ1) is 11.4. The smallest absolute Gasteiger partial charge is 0.257 e. The molecule has 1 heterocycles. The average Bonchev–Trinajstić information content (AvgIpc) is 3.27. The van der Waals surface area contributed by atoms with Crippen LogP contribution in [-0.2, 0) is 19.2 Å². The van der Waals surface area contributed by atoms with Crippen molar-refractivity contribution >= 4 is 35.0 Å². The van der Waals surface area contributed by atoms with Gasteiger partial charge in [-0.15, -0.1) is 0 Å². The summed E-state index contributed by atoms with van der Waals surface area (Å²) in [6.07, 6.45) is 1.77. The van der Waals surface area contributed by atoms with Gasteiger partial charge in [-0.1, -0.05) is 0 Å². The quantitative estimate of drug-likeness (QED) is 0.843. The van der Waals surface area contributed by atoms with Crippen molar-refractivity contribution in [3.05, 3.63) is 24.3 Å². The predicted octanol–water partition coefficient (Wildman–Crippen LogP) is 1.29. The number of carbonyl (C=O) groups excluding carboxylic acids is 4. The Balaban J connectivity index is 1.81. The highest BCUT2D eigenvalue weighted by molar-refractivity contribution is 6.23. The normalized spacial score (nSPS) is 20.2. The van der Waals surface area contributed by atoms with Crippen LogP contribution >= 0.6 is 0 Å². The van der Waals surface area contributed by atoms with Crippen LogP contribution in [0, 0.1) is 0 Å². The Labute approximate surface area is 139 Å². The number of nitrogens with zero attached hydrogens (tertiary/aromatic N) is 2. The summed E-state index contributed by atoms with van der Waals surface area (Å²) in [6.45, 7) is 2.83. The van der Waals surface area contributed by atoms with Gasteiger partial charge in [0.05, 0.1) is 12.1 Å². The number of imide groups is 1. The molecule has 1 atom stereocenters. The molecule has 1 saturated heterocycles. The number of amides is 4. The Morgan fingerprint density at radius 3 is 2.25 bits per heavy atom. The molecule has 7 nitrogen and oxygen atoms in total. The minimum atomic E-state index is -0.711. The Hall–Kier alpha value is -2.70. The van der Waals surface area contributed by atoms with E-state index < -0.39 is 6.04 Å². The van der Waals surface area contributed by atoms with Crippen LogP contribution < -0.4 is 10.2 Å². The van der Waals surface area contributed by atoms with E-state index in [1.807, 2.05) is 0 Å². The third-order valence-corrected chi connectivity index (χ3v) is 4.21. The summed E-state index contributed by atoms with van der Waals surface area (Å²) in [4.78, 5) is 50.6. The second-order valence-corrected chi connectivity index (χ2v) is 6.17. The molecule has 1 unspecified atom stereocenters. The average molecular weight is 329 g/mol. The van der Waals surface area contributed by atoms with Crippen LogP contribution in [-0.4, -0.2) is 40.6 Å². The lowest BCUT2D eigenvalue weighted by molar-refractivity contribution is -0.137. The molecule has 0 radical (unpaired) electrons. The van der Waals surface area contributed by atoms with Crippen LogP contribution in [0.4, 0.5) is 11.4 Å². The maximum absolute atomic E-state index is 12.7. The van der Waals surface area contributed by atoms with E-state index in [0.29, 0.717) is 11.4 Å². The van der Waals surface area contributed by atoms with Gasteiger partial charge in [-0.25, -0.2) is 4.90 Å². The van der Waals surface area contributed by atoms with Gasteiger partial charge in [0.2, 0.25) is 17.7 Å². The summed E-state index contributed by atoms with van der Waals surface area (Å²) >= 11 is 0. The number of rotatable bonds is 4. The van der Waals surface area contributed by atoms with Crippen LogP contribution in [0.15, 0.2) is 24.3 Å². The second kappa shape index (κ2) is 6.07. The van der Waals surface area contributed by atoms with Crippen molar-refractivity contribution < 1.29 is 19.2 Å². The van der Waals surface area contributed by atoms with Gasteiger partial charge < -0.3 is 10.2 Å². The molecule has 126 valence electrons. The highest BCUT2D eigenvalue weighted by atomic mass is 16.2. The first kappa shape index (κ1) is 16.2. The largest absolute Gasteiger partial charge is 0.327 e. The molecule has 1 aromatic rings. The molecule has 1 aliphatic heterocycles. The van der Waals surface area contributed by atoms with E-state index in [9.17, 15) is 19.2 Å². The standard InChI is InChI=1S/C17H19N3O4/c1-10(21)18-12-3-5-14(6-4-12)20-16(23)9-15(17(20)24)19(11(2)22)13-7-8-13/h3-6,13,15H,7-9H2,1-2H3,(H,18,21). The van der Waals surface area contributed by atoms with Crippen molar-refractivity contribution in [1.29, 1.82) is 0 Å². The monoisotopic (exact) mass is 329 g/mol. The lowest BCUT2D eigenvalue weighted by Crippen LogP contribution is -2.45. The highest BCUT2D eigenvalue weighted by Gasteiger charge is 2.47. The molecule has 2 aliphatic rings. The SMILES string of the molecule is CC(=O)Nc1ccc(N2C(=O)CC(N(C(C)=O)C3CC3)C2=O)cc1. The molecule has 7 heteroatoms. The zero-order valence-corrected chi connectivity index (χ0v) is 13.6. The zero-order chi connectivity index (χ0) is 17.4. The summed E-state index contributed by atoms with van der Waals surface area (Å²) in [5.41, 5.74) is 1.03. The minimum Gasteiger partial charge on any atom is -0.327 e. The molecule has 1 saturated carbocycles. The second-order valence-electron chi connectivity index (χ2n) is 6.17. The van der Waals surface area contributed by atoms with Crippen molar-refractivity contribution in [2.45, 2.75) is 45.2 Å². The maximum atomic E-state index is 12.7. The van der Waals surface area contributed by atoms with Crippen molar-refractivity contribution in [2.24, 2.45) is 0 Å². The highest BCUT2D eigenvalue weighted by Crippen LogP contribution is 2.34. The molecule has 4 amide bonds. The van der Waals surface area contributed by atoms with Gasteiger partial charge in [-0.2, -0.15) is 0 Å². The van der Waals surface area contributed by atoms with Crippen LogP contribution in [0.25, 0.3) is 0 Å². The van der Waals surface area contributed by atoms with E-state index in [0.717, 1.165) is 17.7 Å². The number of anilines is 2. The number of carbonyl (C=O) groups is 4. The summed E-state index contributed by atoms with van der Waals surface area (Å²) in [7, 11) is 0. The Morgan fingerprint density at radius 2 is 1.75 bits per heavy atom. The first-order valence-corrected chi connectivity index (χ1v) is 7.92. The predicted molar refractivity (Wildman–Crippen MR) is 87.2 cm³/mol. The van der Waals surface area contributed by atoms with Crippen LogP contribution in [0.3, 0.4) is 0 Å². The van der Waals surface area contributed by atoms with Crippen LogP contribution in [0.2, 0.25) is 0 Å². The van der Waals surface area contributed by atoms with Gasteiger partial charge in [0.15, 0.2) is 0 Å². The van der Waals surface area contributed by atoms with Crippen molar-refractivity contribution in [3.63, 3.8) is 0 Å². The van der Waals surface area contributed by atoms with Crippen molar-refractivity contribution in [3.8, 4) is 0 Å². The molecular weight excluding hydrogens is 310 g/mol. The Bertz CT molecular complexity index is 709. The van der Waals surface area contributed by atoms with Crippen molar-refractivity contribution in [2.75, 3.05) is 10.2 Å². The fourth-order valence-electron chi connectivity index (χ4n) is 3.09. The number of hydrogen-bond acceptors (Lipinski definition) is 4. The van der Waals surface area contributed by atoms with E-state index in [1.54, 1.807) is 29.2 Å². The zero-order valence-electron chi connectivity index (χ0n) is 13.6. The molecule has 0 spiro atoms. The first-order valence-electron chi connectivity index (χ1n) is 7.92. The van der Waals surface area contributed by atoms with Gasteiger partial charge in [-0.3, -0.25) is 19.2 Å². The lowest BCUT2D eigenvalue weighted by Gasteiger charge is -2.26. The third-order valence-electron chi connectivity index (χ3n) is 4.21. The maximum Gasteiger partial charge on any atom is 0.257 e. The Kier molecular flexibility index (Phi) is 4.09. The molecule has 3 rings (SSSR count). The van der Waals surface area contributed by atoms with Crippen LogP contribution in [0.1, 0.15) is 33.1 Å². The summed E-state index contributed by atoms with van der Waals surface area (Å²) in [5, 5.41) is 2.63. The van der Waals surface area contributed by atoms with Gasteiger partial charge in [0.25, 0.3) is 5.91 Å². The molecule has 24 heavy (non-hydrogen) atoms. The van der Waals surface area contributed by atoms with Crippen molar-refractivity contribution in [1.82, 2.24) is 4.90 Å². The molecule has 2 fully saturated rings. The van der Waals surface area contributed by atoms with E-state index >= 15 is 0 Å². The van der Waals surface area contributed by atoms with E-state index in [1.165, 1.54) is 13.8 Å². The van der Waals surface area contributed by atoms with Gasteiger partial charge in [-0.05, 0) is 37.1 Å². The van der Waals surface area contributed by atoms with E-state index in [-0.39, 0.29) is 36.1 Å². The molecule has 1 N–H and O–H groups in total. The molecule has 0 aromatic heterocycles. The van der Waals surface area contributed by atoms with E-state index in [2.05, 4.69) is 5.32 Å². The summed E-state index contributed by atoms with van der Waals surface area (Å²) < 4.78 is 0. The number of benzene rings is 1. The minimum absolute atomic E-state index is 0.0162. The fraction of sp³-hybridized carbons (Fsp3) is 0.412. The topological polar surface area (TPSA) is 86.8 Å². The van der Waals surface area contributed by atoms with Gasteiger partial charge in [0.1, 0.15) is 6.04 Å². The van der Waals surface area contributed by atoms with Crippen LogP contribution in [0.5, 0.6) is 0 Å². The lowest BCUT2D eigenvalue weighted by atomic mass is 10.2. The number of hydrogen-bond donors (Lipinski definition) is 1. The molecule has 0 bridgehead atoms. The summed E-state index contributed by atoms with van der Waals surface area (Å²) in [5.74, 6) is -1.05. The van der Waals surface area contributed by atoms with E-state index in [4.69, 9.17) is 0 Å². The Morgan fingerprint density at radius 1 is 1.12 bits per heavy atom. The molecular formula is C17H19N3O4. The van der Waals surface area contributed by atoms with Gasteiger partial charge in [0, 0.05) is 25.6 Å². The number of nitrogens with one attached hydrogen (secondary N) is 1. The summed E-state index contributed by atoms with van der Waals surface area (Å²) in [6, 6.07) is 5.85.